The number of imidazole rings is 1. The smallest absolute Gasteiger partial charge is 0.191 e. The Morgan fingerprint density at radius 1 is 1.09 bits per heavy atom. The van der Waals surface area contributed by atoms with E-state index in [0.717, 1.165) is 49.7 Å². The van der Waals surface area contributed by atoms with Crippen LogP contribution >= 0.6 is 0 Å². The Kier molecular flexibility index (Phi) is 7.43. The second-order valence-corrected chi connectivity index (χ2v) is 8.82. The first kappa shape index (κ1) is 22.3. The lowest BCUT2D eigenvalue weighted by molar-refractivity contribution is 0.0732. The summed E-state index contributed by atoms with van der Waals surface area (Å²) in [6, 6.07) is 17.0. The standard InChI is InChI=1S/C26H35N5O/c1-3-27-25(29-19-26(13-6-14-26)15-16-32-2)28-17-21-9-11-22(12-10-21)18-31-20-30-23-7-4-5-8-24(23)31/h4-5,7-12,20H,3,6,13-19H2,1-2H3,(H2,27,28,29). The first-order valence-corrected chi connectivity index (χ1v) is 11.7. The fourth-order valence-electron chi connectivity index (χ4n) is 4.38. The highest BCUT2D eigenvalue weighted by atomic mass is 16.5. The number of hydrogen-bond donors (Lipinski definition) is 2. The van der Waals surface area contributed by atoms with Crippen molar-refractivity contribution in [3.05, 3.63) is 66.0 Å². The van der Waals surface area contributed by atoms with Crippen LogP contribution in [0.5, 0.6) is 0 Å². The van der Waals surface area contributed by atoms with Gasteiger partial charge in [0.15, 0.2) is 5.96 Å². The maximum absolute atomic E-state index is 5.32. The maximum Gasteiger partial charge on any atom is 0.191 e. The van der Waals surface area contributed by atoms with E-state index in [4.69, 9.17) is 9.73 Å². The molecule has 0 bridgehead atoms. The number of ether oxygens (including phenoxy) is 1. The van der Waals surface area contributed by atoms with Crippen LogP contribution in [0.15, 0.2) is 59.9 Å². The van der Waals surface area contributed by atoms with Gasteiger partial charge in [0, 0.05) is 33.4 Å². The number of hydrogen-bond acceptors (Lipinski definition) is 3. The van der Waals surface area contributed by atoms with Gasteiger partial charge in [0.25, 0.3) is 0 Å². The predicted molar refractivity (Wildman–Crippen MR) is 131 cm³/mol. The average Bonchev–Trinajstić information content (AvgIpc) is 3.20. The van der Waals surface area contributed by atoms with Crippen molar-refractivity contribution in [2.45, 2.75) is 45.7 Å². The van der Waals surface area contributed by atoms with Crippen LogP contribution in [0.25, 0.3) is 11.0 Å². The van der Waals surface area contributed by atoms with Crippen LogP contribution in [0.1, 0.15) is 43.7 Å². The van der Waals surface area contributed by atoms with Crippen LogP contribution in [-0.4, -0.2) is 42.3 Å². The highest BCUT2D eigenvalue weighted by Crippen LogP contribution is 2.43. The number of rotatable bonds is 10. The molecule has 0 spiro atoms. The Labute approximate surface area is 191 Å². The van der Waals surface area contributed by atoms with Gasteiger partial charge in [-0.2, -0.15) is 0 Å². The summed E-state index contributed by atoms with van der Waals surface area (Å²) < 4.78 is 7.51. The van der Waals surface area contributed by atoms with Gasteiger partial charge in [-0.05, 0) is 54.9 Å². The molecule has 2 N–H and O–H groups in total. The molecule has 1 aliphatic rings. The summed E-state index contributed by atoms with van der Waals surface area (Å²) in [5.74, 6) is 0.894. The third-order valence-corrected chi connectivity index (χ3v) is 6.55. The number of aromatic nitrogens is 2. The summed E-state index contributed by atoms with van der Waals surface area (Å²) >= 11 is 0. The van der Waals surface area contributed by atoms with E-state index < -0.39 is 0 Å². The van der Waals surface area contributed by atoms with Crippen LogP contribution in [0.4, 0.5) is 0 Å². The van der Waals surface area contributed by atoms with Crippen molar-refractivity contribution in [1.82, 2.24) is 20.2 Å². The number of para-hydroxylation sites is 2. The lowest BCUT2D eigenvalue weighted by Crippen LogP contribution is -2.46. The first-order valence-electron chi connectivity index (χ1n) is 11.7. The largest absolute Gasteiger partial charge is 0.385 e. The van der Waals surface area contributed by atoms with Crippen molar-refractivity contribution in [2.24, 2.45) is 10.4 Å². The van der Waals surface area contributed by atoms with Crippen molar-refractivity contribution in [3.8, 4) is 0 Å². The zero-order valence-corrected chi connectivity index (χ0v) is 19.3. The molecule has 4 rings (SSSR count). The SMILES string of the molecule is CCNC(=NCc1ccc(Cn2cnc3ccccc32)cc1)NCC1(CCOC)CCC1. The van der Waals surface area contributed by atoms with E-state index >= 15 is 0 Å². The fraction of sp³-hybridized carbons (Fsp3) is 0.462. The predicted octanol–water partition coefficient (Wildman–Crippen LogP) is 4.35. The molecular weight excluding hydrogens is 398 g/mol. The van der Waals surface area contributed by atoms with Crippen LogP contribution in [0, 0.1) is 5.41 Å². The van der Waals surface area contributed by atoms with Crippen molar-refractivity contribution < 1.29 is 4.74 Å². The molecule has 0 unspecified atom stereocenters. The molecule has 0 aliphatic heterocycles. The van der Waals surface area contributed by atoms with Gasteiger partial charge in [0.2, 0.25) is 0 Å². The molecule has 0 amide bonds. The molecule has 1 fully saturated rings. The van der Waals surface area contributed by atoms with Crippen LogP contribution < -0.4 is 10.6 Å². The average molecular weight is 434 g/mol. The fourth-order valence-corrected chi connectivity index (χ4v) is 4.38. The number of methoxy groups -OCH3 is 1. The van der Waals surface area contributed by atoms with Gasteiger partial charge in [0.1, 0.15) is 0 Å². The van der Waals surface area contributed by atoms with E-state index in [9.17, 15) is 0 Å². The maximum atomic E-state index is 5.32. The molecule has 6 heteroatoms. The monoisotopic (exact) mass is 433 g/mol. The van der Waals surface area contributed by atoms with E-state index in [0.29, 0.717) is 12.0 Å². The summed E-state index contributed by atoms with van der Waals surface area (Å²) in [6.45, 7) is 6.23. The molecule has 1 aliphatic carbocycles. The van der Waals surface area contributed by atoms with Crippen molar-refractivity contribution in [1.29, 1.82) is 0 Å². The van der Waals surface area contributed by atoms with E-state index in [1.54, 1.807) is 7.11 Å². The number of aliphatic imine (C=N–C) groups is 1. The lowest BCUT2D eigenvalue weighted by Gasteiger charge is -2.42. The molecule has 1 aromatic heterocycles. The van der Waals surface area contributed by atoms with E-state index in [2.05, 4.69) is 63.5 Å². The summed E-state index contributed by atoms with van der Waals surface area (Å²) in [6.07, 6.45) is 6.90. The zero-order valence-electron chi connectivity index (χ0n) is 19.3. The van der Waals surface area contributed by atoms with E-state index in [-0.39, 0.29) is 0 Å². The van der Waals surface area contributed by atoms with E-state index in [1.165, 1.54) is 30.4 Å². The zero-order chi connectivity index (χ0) is 22.2. The Hall–Kier alpha value is -2.86. The Morgan fingerprint density at radius 3 is 2.59 bits per heavy atom. The van der Waals surface area contributed by atoms with Gasteiger partial charge in [-0.1, -0.05) is 42.8 Å². The number of nitrogens with zero attached hydrogens (tertiary/aromatic N) is 3. The molecule has 2 aromatic carbocycles. The minimum atomic E-state index is 0.366. The molecule has 0 atom stereocenters. The quantitative estimate of drug-likeness (QED) is 0.369. The third-order valence-electron chi connectivity index (χ3n) is 6.55. The van der Waals surface area contributed by atoms with Gasteiger partial charge in [0.05, 0.1) is 23.9 Å². The van der Waals surface area contributed by atoms with Crippen molar-refractivity contribution >= 4 is 17.0 Å². The van der Waals surface area contributed by atoms with Crippen molar-refractivity contribution in [2.75, 3.05) is 26.8 Å². The minimum Gasteiger partial charge on any atom is -0.385 e. The minimum absolute atomic E-state index is 0.366. The number of fused-ring (bicyclic) bond motifs is 1. The Balaban J connectivity index is 1.34. The Morgan fingerprint density at radius 2 is 1.88 bits per heavy atom. The van der Waals surface area contributed by atoms with Crippen LogP contribution in [-0.2, 0) is 17.8 Å². The molecule has 32 heavy (non-hydrogen) atoms. The van der Waals surface area contributed by atoms with Crippen molar-refractivity contribution in [3.63, 3.8) is 0 Å². The normalized spacial score (nSPS) is 15.5. The molecule has 1 heterocycles. The molecule has 3 aromatic rings. The molecule has 1 saturated carbocycles. The summed E-state index contributed by atoms with van der Waals surface area (Å²) in [5, 5.41) is 6.96. The van der Waals surface area contributed by atoms with Gasteiger partial charge in [-0.3, -0.25) is 0 Å². The molecule has 0 saturated heterocycles. The van der Waals surface area contributed by atoms with Crippen LogP contribution in [0.3, 0.4) is 0 Å². The van der Waals surface area contributed by atoms with Crippen LogP contribution in [0.2, 0.25) is 0 Å². The molecule has 6 nitrogen and oxygen atoms in total. The van der Waals surface area contributed by atoms with Gasteiger partial charge >= 0.3 is 0 Å². The van der Waals surface area contributed by atoms with E-state index in [1.807, 2.05) is 18.5 Å². The highest BCUT2D eigenvalue weighted by molar-refractivity contribution is 5.79. The molecule has 0 radical (unpaired) electrons. The third kappa shape index (κ3) is 5.49. The number of nitrogens with one attached hydrogen (secondary N) is 2. The summed E-state index contributed by atoms with van der Waals surface area (Å²) in [7, 11) is 1.79. The summed E-state index contributed by atoms with van der Waals surface area (Å²) in [4.78, 5) is 9.30. The Bertz CT molecular complexity index is 1020. The van der Waals surface area contributed by atoms with Gasteiger partial charge in [-0.15, -0.1) is 0 Å². The molecular formula is C26H35N5O. The topological polar surface area (TPSA) is 63.5 Å². The second kappa shape index (κ2) is 10.6. The second-order valence-electron chi connectivity index (χ2n) is 8.82. The summed E-state index contributed by atoms with van der Waals surface area (Å²) in [5.41, 5.74) is 5.03. The molecule has 170 valence electrons. The lowest BCUT2D eigenvalue weighted by atomic mass is 9.67. The highest BCUT2D eigenvalue weighted by Gasteiger charge is 2.36. The van der Waals surface area contributed by atoms with Gasteiger partial charge < -0.3 is 19.9 Å². The number of benzene rings is 2. The number of guanidine groups is 1. The van der Waals surface area contributed by atoms with Gasteiger partial charge in [-0.25, -0.2) is 9.98 Å². The first-order chi connectivity index (χ1) is 15.7.